The molecular weight excluding hydrogens is 232 g/mol. The molecule has 0 bridgehead atoms. The zero-order chi connectivity index (χ0) is 13.1. The highest BCUT2D eigenvalue weighted by atomic mass is 16.2. The molecule has 0 aliphatic heterocycles. The predicted molar refractivity (Wildman–Crippen MR) is 65.7 cm³/mol. The lowest BCUT2D eigenvalue weighted by Gasteiger charge is -2.09. The monoisotopic (exact) mass is 244 g/mol. The van der Waals surface area contributed by atoms with Crippen molar-refractivity contribution in [1.82, 2.24) is 15.3 Å². The summed E-state index contributed by atoms with van der Waals surface area (Å²) < 4.78 is 0. The predicted octanol–water partition coefficient (Wildman–Crippen LogP) is 0.233. The summed E-state index contributed by atoms with van der Waals surface area (Å²) in [5, 5.41) is 3.31. The number of primary amides is 1. The van der Waals surface area contributed by atoms with Crippen LogP contribution < -0.4 is 11.1 Å². The van der Waals surface area contributed by atoms with Crippen molar-refractivity contribution < 1.29 is 9.59 Å². The molecule has 0 radical (unpaired) electrons. The molecule has 6 heteroatoms. The number of amides is 2. The number of carbonyl (C=O) groups is 2. The van der Waals surface area contributed by atoms with Crippen LogP contribution in [0.15, 0.2) is 30.6 Å². The minimum atomic E-state index is -0.729. The topological polar surface area (TPSA) is 98.0 Å². The Bertz CT molecular complexity index is 612. The van der Waals surface area contributed by atoms with Crippen molar-refractivity contribution in [3.63, 3.8) is 0 Å². The Morgan fingerprint density at radius 1 is 1.33 bits per heavy atom. The van der Waals surface area contributed by atoms with Gasteiger partial charge in [-0.15, -0.1) is 0 Å². The van der Waals surface area contributed by atoms with Gasteiger partial charge in [0.25, 0.3) is 5.91 Å². The fourth-order valence-corrected chi connectivity index (χ4v) is 1.43. The molecule has 92 valence electrons. The molecule has 0 aromatic carbocycles. The van der Waals surface area contributed by atoms with Gasteiger partial charge >= 0.3 is 0 Å². The summed E-state index contributed by atoms with van der Waals surface area (Å²) >= 11 is 0. The molecule has 0 saturated heterocycles. The molecule has 1 atom stereocenters. The molecule has 0 saturated carbocycles. The maximum absolute atomic E-state index is 11.8. The quantitative estimate of drug-likeness (QED) is 0.807. The number of pyridine rings is 2. The molecule has 0 spiro atoms. The molecule has 0 fully saturated rings. The Hall–Kier alpha value is -2.50. The van der Waals surface area contributed by atoms with Crippen LogP contribution in [0.25, 0.3) is 10.9 Å². The average molecular weight is 244 g/mol. The first-order chi connectivity index (χ1) is 8.58. The third-order valence-electron chi connectivity index (χ3n) is 2.50. The standard InChI is InChI=1S/C12H12N4O2/c1-7(11(13)17)15-12(18)10-3-2-8-6-14-5-4-9(8)16-10/h2-7H,1H3,(H2,13,17)(H,15,18)/t7-/m0/s1. The van der Waals surface area contributed by atoms with Crippen molar-refractivity contribution in [2.45, 2.75) is 13.0 Å². The van der Waals surface area contributed by atoms with Gasteiger partial charge in [0.15, 0.2) is 0 Å². The number of aromatic nitrogens is 2. The van der Waals surface area contributed by atoms with Crippen LogP contribution >= 0.6 is 0 Å². The number of nitrogens with two attached hydrogens (primary N) is 1. The molecule has 3 N–H and O–H groups in total. The molecule has 2 rings (SSSR count). The number of carbonyl (C=O) groups excluding carboxylic acids is 2. The van der Waals surface area contributed by atoms with Gasteiger partial charge in [0.1, 0.15) is 11.7 Å². The summed E-state index contributed by atoms with van der Waals surface area (Å²) in [5.74, 6) is -1.02. The van der Waals surface area contributed by atoms with Gasteiger partial charge in [-0.2, -0.15) is 0 Å². The lowest BCUT2D eigenvalue weighted by molar-refractivity contribution is -0.119. The van der Waals surface area contributed by atoms with Crippen LogP contribution in [0.4, 0.5) is 0 Å². The molecule has 18 heavy (non-hydrogen) atoms. The van der Waals surface area contributed by atoms with E-state index in [2.05, 4.69) is 15.3 Å². The van der Waals surface area contributed by atoms with E-state index in [4.69, 9.17) is 5.73 Å². The normalized spacial score (nSPS) is 12.1. The van der Waals surface area contributed by atoms with E-state index < -0.39 is 17.9 Å². The van der Waals surface area contributed by atoms with Gasteiger partial charge < -0.3 is 11.1 Å². The first kappa shape index (κ1) is 12.0. The largest absolute Gasteiger partial charge is 0.368 e. The number of hydrogen-bond acceptors (Lipinski definition) is 4. The molecule has 6 nitrogen and oxygen atoms in total. The van der Waals surface area contributed by atoms with E-state index in [0.29, 0.717) is 5.52 Å². The third kappa shape index (κ3) is 2.42. The van der Waals surface area contributed by atoms with E-state index in [1.54, 1.807) is 30.6 Å². The van der Waals surface area contributed by atoms with E-state index in [-0.39, 0.29) is 5.69 Å². The first-order valence-corrected chi connectivity index (χ1v) is 5.39. The van der Waals surface area contributed by atoms with Gasteiger partial charge in [0, 0.05) is 17.8 Å². The Balaban J connectivity index is 2.25. The fraction of sp³-hybridized carbons (Fsp3) is 0.167. The van der Waals surface area contributed by atoms with Crippen LogP contribution in [-0.2, 0) is 4.79 Å². The number of nitrogens with one attached hydrogen (secondary N) is 1. The van der Waals surface area contributed by atoms with E-state index in [1.807, 2.05) is 0 Å². The van der Waals surface area contributed by atoms with Gasteiger partial charge in [-0.25, -0.2) is 4.98 Å². The Labute approximate surface area is 103 Å². The summed E-state index contributed by atoms with van der Waals surface area (Å²) in [6.45, 7) is 1.52. The van der Waals surface area contributed by atoms with Crippen LogP contribution in [0, 0.1) is 0 Å². The van der Waals surface area contributed by atoms with Crippen molar-refractivity contribution >= 4 is 22.7 Å². The average Bonchev–Trinajstić information content (AvgIpc) is 2.37. The van der Waals surface area contributed by atoms with E-state index in [9.17, 15) is 9.59 Å². The molecule has 2 aromatic rings. The lowest BCUT2D eigenvalue weighted by Crippen LogP contribution is -2.42. The Morgan fingerprint density at radius 2 is 2.11 bits per heavy atom. The molecule has 0 aliphatic rings. The number of hydrogen-bond donors (Lipinski definition) is 2. The minimum absolute atomic E-state index is 0.238. The summed E-state index contributed by atoms with van der Waals surface area (Å²) in [6.07, 6.45) is 3.26. The van der Waals surface area contributed by atoms with Crippen molar-refractivity contribution in [3.8, 4) is 0 Å². The summed E-state index contributed by atoms with van der Waals surface area (Å²) in [5.41, 5.74) is 5.98. The zero-order valence-corrected chi connectivity index (χ0v) is 9.75. The highest BCUT2D eigenvalue weighted by Crippen LogP contribution is 2.10. The van der Waals surface area contributed by atoms with Crippen molar-refractivity contribution in [2.75, 3.05) is 0 Å². The summed E-state index contributed by atoms with van der Waals surface area (Å²) in [6, 6.07) is 4.31. The van der Waals surface area contributed by atoms with E-state index >= 15 is 0 Å². The van der Waals surface area contributed by atoms with Gasteiger partial charge in [-0.05, 0) is 25.1 Å². The summed E-state index contributed by atoms with van der Waals surface area (Å²) in [7, 11) is 0. The van der Waals surface area contributed by atoms with Crippen LogP contribution in [0.3, 0.4) is 0 Å². The maximum Gasteiger partial charge on any atom is 0.270 e. The van der Waals surface area contributed by atoms with E-state index in [1.165, 1.54) is 6.92 Å². The van der Waals surface area contributed by atoms with Crippen LogP contribution in [0.2, 0.25) is 0 Å². The van der Waals surface area contributed by atoms with Gasteiger partial charge in [-0.3, -0.25) is 14.6 Å². The van der Waals surface area contributed by atoms with Crippen LogP contribution in [0.1, 0.15) is 17.4 Å². The maximum atomic E-state index is 11.8. The third-order valence-corrected chi connectivity index (χ3v) is 2.50. The Morgan fingerprint density at radius 3 is 2.83 bits per heavy atom. The van der Waals surface area contributed by atoms with Crippen LogP contribution in [0.5, 0.6) is 0 Å². The molecule has 0 unspecified atom stereocenters. The van der Waals surface area contributed by atoms with Crippen molar-refractivity contribution in [3.05, 3.63) is 36.3 Å². The number of fused-ring (bicyclic) bond motifs is 1. The smallest absolute Gasteiger partial charge is 0.270 e. The van der Waals surface area contributed by atoms with Gasteiger partial charge in [0.2, 0.25) is 5.91 Å². The SMILES string of the molecule is C[C@H](NC(=O)c1ccc2cnccc2n1)C(N)=O. The van der Waals surface area contributed by atoms with Crippen LogP contribution in [-0.4, -0.2) is 27.8 Å². The van der Waals surface area contributed by atoms with Gasteiger partial charge in [-0.1, -0.05) is 0 Å². The first-order valence-electron chi connectivity index (χ1n) is 5.39. The highest BCUT2D eigenvalue weighted by Gasteiger charge is 2.14. The highest BCUT2D eigenvalue weighted by molar-refractivity contribution is 5.97. The number of nitrogens with zero attached hydrogens (tertiary/aromatic N) is 2. The second kappa shape index (κ2) is 4.79. The van der Waals surface area contributed by atoms with Crippen molar-refractivity contribution in [1.29, 1.82) is 0 Å². The van der Waals surface area contributed by atoms with E-state index in [0.717, 1.165) is 5.39 Å². The second-order valence-electron chi connectivity index (χ2n) is 3.86. The molecule has 2 heterocycles. The van der Waals surface area contributed by atoms with Crippen molar-refractivity contribution in [2.24, 2.45) is 5.73 Å². The number of rotatable bonds is 3. The fourth-order valence-electron chi connectivity index (χ4n) is 1.43. The molecule has 0 aliphatic carbocycles. The molecular formula is C12H12N4O2. The molecule has 2 amide bonds. The van der Waals surface area contributed by atoms with Gasteiger partial charge in [0.05, 0.1) is 5.52 Å². The second-order valence-corrected chi connectivity index (χ2v) is 3.86. The molecule has 2 aromatic heterocycles. The Kier molecular flexibility index (Phi) is 3.18. The zero-order valence-electron chi connectivity index (χ0n) is 9.75. The minimum Gasteiger partial charge on any atom is -0.368 e. The summed E-state index contributed by atoms with van der Waals surface area (Å²) in [4.78, 5) is 30.8. The lowest BCUT2D eigenvalue weighted by atomic mass is 10.2.